The molecule has 3 N–H and O–H groups in total. The van der Waals surface area contributed by atoms with Crippen molar-refractivity contribution in [2.75, 3.05) is 10.5 Å². The fraction of sp³-hybridized carbons (Fsp3) is 0.0588. The molecule has 3 rings (SSSR count). The molecule has 1 aromatic carbocycles. The molecule has 3 aromatic rings. The van der Waals surface area contributed by atoms with E-state index in [2.05, 4.69) is 14.7 Å². The molecule has 0 saturated carbocycles. The molecule has 0 spiro atoms. The number of benzene rings is 1. The molecule has 2 heterocycles. The van der Waals surface area contributed by atoms with Crippen molar-refractivity contribution in [2.24, 2.45) is 0 Å². The number of rotatable bonds is 4. The average molecular weight is 361 g/mol. The van der Waals surface area contributed by atoms with Gasteiger partial charge < -0.3 is 10.5 Å². The minimum absolute atomic E-state index is 0.284. The number of aromatic nitrogens is 2. The van der Waals surface area contributed by atoms with Crippen molar-refractivity contribution < 1.29 is 4.39 Å². The third-order valence-corrected chi connectivity index (χ3v) is 4.42. The van der Waals surface area contributed by atoms with Gasteiger partial charge in [-0.25, -0.2) is 14.4 Å². The van der Waals surface area contributed by atoms with Gasteiger partial charge in [-0.2, -0.15) is 0 Å². The molecule has 4 nitrogen and oxygen atoms in total. The van der Waals surface area contributed by atoms with Crippen LogP contribution in [0.3, 0.4) is 0 Å². The highest BCUT2D eigenvalue weighted by Crippen LogP contribution is 2.31. The highest BCUT2D eigenvalue weighted by Gasteiger charge is 2.10. The van der Waals surface area contributed by atoms with Crippen molar-refractivity contribution >= 4 is 35.2 Å². The molecule has 122 valence electrons. The molecule has 24 heavy (non-hydrogen) atoms. The normalized spacial score (nSPS) is 10.6. The minimum Gasteiger partial charge on any atom is -0.384 e. The van der Waals surface area contributed by atoms with Crippen molar-refractivity contribution in [1.82, 2.24) is 9.97 Å². The third kappa shape index (κ3) is 3.77. The number of nitrogens with one attached hydrogen (secondary N) is 1. The molecule has 0 amide bonds. The summed E-state index contributed by atoms with van der Waals surface area (Å²) in [5, 5.41) is 0.509. The molecule has 0 atom stereocenters. The second-order valence-corrected chi connectivity index (χ2v) is 6.40. The zero-order valence-corrected chi connectivity index (χ0v) is 14.3. The van der Waals surface area contributed by atoms with Crippen molar-refractivity contribution in [3.63, 3.8) is 0 Å². The van der Waals surface area contributed by atoms with E-state index in [0.717, 1.165) is 16.0 Å². The molecule has 7 heteroatoms. The SMILES string of the molecule is Cc1cc(F)ccc1-c1nc(NSc2ccc(N)nc2)ccc1Cl. The zero-order valence-electron chi connectivity index (χ0n) is 12.8. The topological polar surface area (TPSA) is 63.8 Å². The highest BCUT2D eigenvalue weighted by atomic mass is 35.5. The smallest absolute Gasteiger partial charge is 0.136 e. The van der Waals surface area contributed by atoms with Crippen LogP contribution in [0.1, 0.15) is 5.56 Å². The molecule has 0 saturated heterocycles. The zero-order chi connectivity index (χ0) is 17.1. The predicted octanol–water partition coefficient (Wildman–Crippen LogP) is 4.95. The minimum atomic E-state index is -0.284. The predicted molar refractivity (Wildman–Crippen MR) is 97.5 cm³/mol. The van der Waals surface area contributed by atoms with E-state index in [0.29, 0.717) is 22.4 Å². The Morgan fingerprint density at radius 3 is 2.71 bits per heavy atom. The van der Waals surface area contributed by atoms with E-state index >= 15 is 0 Å². The maximum Gasteiger partial charge on any atom is 0.136 e. The van der Waals surface area contributed by atoms with E-state index in [1.54, 1.807) is 30.5 Å². The van der Waals surface area contributed by atoms with Gasteiger partial charge >= 0.3 is 0 Å². The van der Waals surface area contributed by atoms with Crippen LogP contribution in [0.25, 0.3) is 11.3 Å². The van der Waals surface area contributed by atoms with E-state index in [4.69, 9.17) is 17.3 Å². The lowest BCUT2D eigenvalue weighted by molar-refractivity contribution is 0.627. The number of nitrogens with zero attached hydrogens (tertiary/aromatic N) is 2. The van der Waals surface area contributed by atoms with Crippen LogP contribution in [0, 0.1) is 12.7 Å². The molecular weight excluding hydrogens is 347 g/mol. The van der Waals surface area contributed by atoms with E-state index in [9.17, 15) is 4.39 Å². The van der Waals surface area contributed by atoms with Gasteiger partial charge in [0.25, 0.3) is 0 Å². The fourth-order valence-electron chi connectivity index (χ4n) is 2.14. The summed E-state index contributed by atoms with van der Waals surface area (Å²) in [5.41, 5.74) is 7.74. The average Bonchev–Trinajstić information content (AvgIpc) is 2.56. The van der Waals surface area contributed by atoms with E-state index in [1.807, 2.05) is 13.0 Å². The largest absolute Gasteiger partial charge is 0.384 e. The molecule has 0 aliphatic rings. The van der Waals surface area contributed by atoms with Crippen LogP contribution in [0.2, 0.25) is 5.02 Å². The monoisotopic (exact) mass is 360 g/mol. The highest BCUT2D eigenvalue weighted by molar-refractivity contribution is 8.00. The second kappa shape index (κ2) is 7.07. The molecule has 2 aromatic heterocycles. The van der Waals surface area contributed by atoms with Gasteiger partial charge in [-0.3, -0.25) is 0 Å². The Morgan fingerprint density at radius 1 is 1.17 bits per heavy atom. The number of nitrogen functional groups attached to an aromatic ring is 1. The lowest BCUT2D eigenvalue weighted by Gasteiger charge is -2.10. The van der Waals surface area contributed by atoms with Crippen LogP contribution < -0.4 is 10.5 Å². The van der Waals surface area contributed by atoms with Crippen LogP contribution in [-0.4, -0.2) is 9.97 Å². The Hall–Kier alpha value is -2.31. The first-order valence-electron chi connectivity index (χ1n) is 7.10. The molecule has 0 aliphatic heterocycles. The van der Waals surface area contributed by atoms with Crippen molar-refractivity contribution in [1.29, 1.82) is 0 Å². The molecule has 0 bridgehead atoms. The standard InChI is InChI=1S/C17H14ClFN4S/c1-10-8-11(19)2-4-13(10)17-14(18)5-7-16(22-17)23-24-12-3-6-15(20)21-9-12/h2-9H,1H3,(H2,20,21)(H,22,23). The first kappa shape index (κ1) is 16.5. The number of halogens is 2. The quantitative estimate of drug-likeness (QED) is 0.645. The first-order valence-corrected chi connectivity index (χ1v) is 8.30. The summed E-state index contributed by atoms with van der Waals surface area (Å²) >= 11 is 7.63. The van der Waals surface area contributed by atoms with Gasteiger partial charge in [-0.05, 0) is 66.9 Å². The van der Waals surface area contributed by atoms with Crippen LogP contribution in [0.4, 0.5) is 16.0 Å². The number of aryl methyl sites for hydroxylation is 1. The van der Waals surface area contributed by atoms with Gasteiger partial charge in [0.05, 0.1) is 10.7 Å². The Bertz CT molecular complexity index is 871. The van der Waals surface area contributed by atoms with Crippen LogP contribution in [0.15, 0.2) is 53.6 Å². The van der Waals surface area contributed by atoms with Gasteiger partial charge in [0.1, 0.15) is 17.5 Å². The van der Waals surface area contributed by atoms with Crippen molar-refractivity contribution in [3.05, 3.63) is 65.1 Å². The van der Waals surface area contributed by atoms with Crippen LogP contribution in [-0.2, 0) is 0 Å². The maximum atomic E-state index is 13.3. The van der Waals surface area contributed by atoms with Gasteiger partial charge in [0.15, 0.2) is 0 Å². The van der Waals surface area contributed by atoms with E-state index in [1.165, 1.54) is 24.1 Å². The van der Waals surface area contributed by atoms with E-state index < -0.39 is 0 Å². The summed E-state index contributed by atoms with van der Waals surface area (Å²) in [7, 11) is 0. The summed E-state index contributed by atoms with van der Waals surface area (Å²) in [4.78, 5) is 9.47. The molecular formula is C17H14ClFN4S. The third-order valence-electron chi connectivity index (χ3n) is 3.32. The Labute approximate surface area is 148 Å². The summed E-state index contributed by atoms with van der Waals surface area (Å²) in [6, 6.07) is 11.7. The van der Waals surface area contributed by atoms with Crippen molar-refractivity contribution in [2.45, 2.75) is 11.8 Å². The fourth-order valence-corrected chi connectivity index (χ4v) is 2.93. The molecule has 0 aliphatic carbocycles. The van der Waals surface area contributed by atoms with Crippen molar-refractivity contribution in [3.8, 4) is 11.3 Å². The Balaban J connectivity index is 1.84. The Morgan fingerprint density at radius 2 is 2.00 bits per heavy atom. The van der Waals surface area contributed by atoms with E-state index in [-0.39, 0.29) is 5.82 Å². The summed E-state index contributed by atoms with van der Waals surface area (Å²) in [6.07, 6.45) is 1.67. The number of pyridine rings is 2. The van der Waals surface area contributed by atoms with Crippen LogP contribution in [0.5, 0.6) is 0 Å². The van der Waals surface area contributed by atoms with Gasteiger partial charge in [-0.15, -0.1) is 0 Å². The first-order chi connectivity index (χ1) is 11.5. The number of hydrogen-bond acceptors (Lipinski definition) is 5. The second-order valence-electron chi connectivity index (χ2n) is 5.11. The number of hydrogen-bond donors (Lipinski definition) is 2. The summed E-state index contributed by atoms with van der Waals surface area (Å²) < 4.78 is 16.4. The maximum absolute atomic E-state index is 13.3. The number of anilines is 2. The number of nitrogens with two attached hydrogens (primary N) is 1. The van der Waals surface area contributed by atoms with Crippen LogP contribution >= 0.6 is 23.5 Å². The summed E-state index contributed by atoms with van der Waals surface area (Å²) in [5.74, 6) is 0.825. The molecule has 0 unspecified atom stereocenters. The molecule has 0 fully saturated rings. The Kier molecular flexibility index (Phi) is 4.87. The lowest BCUT2D eigenvalue weighted by atomic mass is 10.1. The summed E-state index contributed by atoms with van der Waals surface area (Å²) in [6.45, 7) is 1.82. The van der Waals surface area contributed by atoms with Gasteiger partial charge in [-0.1, -0.05) is 11.6 Å². The lowest BCUT2D eigenvalue weighted by Crippen LogP contribution is -1.96. The van der Waals surface area contributed by atoms with Gasteiger partial charge in [0, 0.05) is 16.7 Å². The molecule has 0 radical (unpaired) electrons. The van der Waals surface area contributed by atoms with Gasteiger partial charge in [0.2, 0.25) is 0 Å².